The number of hydrogen-bond donors (Lipinski definition) is 2. The van der Waals surface area contributed by atoms with E-state index in [1.54, 1.807) is 5.43 Å². The molecule has 0 heterocycles. The molecule has 0 fully saturated rings. The molecular weight excluding hydrogens is 724 g/mol. The zero-order valence-corrected chi connectivity index (χ0v) is 23.4. The predicted molar refractivity (Wildman–Crippen MR) is 131 cm³/mol. The van der Waals surface area contributed by atoms with Crippen LogP contribution in [0, 0.1) is 0 Å². The van der Waals surface area contributed by atoms with Crippen molar-refractivity contribution in [3.63, 3.8) is 0 Å². The molecule has 18 heteroatoms. The van der Waals surface area contributed by atoms with Crippen LogP contribution in [0.3, 0.4) is 0 Å². The maximum atomic E-state index is 15.0. The first-order valence-electron chi connectivity index (χ1n) is 10.3. The van der Waals surface area contributed by atoms with Crippen LogP contribution in [0.4, 0.5) is 48.7 Å². The Morgan fingerprint density at radius 2 is 1.55 bits per heavy atom. The molecule has 0 bridgehead atoms. The Kier molecular flexibility index (Phi) is 10.6. The monoisotopic (exact) mass is 735 g/mol. The third kappa shape index (κ3) is 8.99. The number of allylic oxidation sites excluding steroid dienone is 1. The van der Waals surface area contributed by atoms with Crippen molar-refractivity contribution >= 4 is 61.2 Å². The minimum Gasteiger partial charge on any atom is -0.327 e. The summed E-state index contributed by atoms with van der Waals surface area (Å²) in [6.45, 7) is -1.80. The molecule has 0 radical (unpaired) electrons. The van der Waals surface area contributed by atoms with Crippen LogP contribution in [0.5, 0.6) is 0 Å². The molecule has 2 rings (SSSR count). The Labute approximate surface area is 240 Å². The zero-order chi connectivity index (χ0) is 30.8. The Balaban J connectivity index is 2.45. The van der Waals surface area contributed by atoms with E-state index >= 15 is 0 Å². The number of carbonyl (C=O) groups is 2. The van der Waals surface area contributed by atoms with E-state index in [-0.39, 0.29) is 31.1 Å². The van der Waals surface area contributed by atoms with Crippen LogP contribution >= 0.6 is 43.5 Å². The molecule has 0 aliphatic heterocycles. The van der Waals surface area contributed by atoms with Gasteiger partial charge in [-0.2, -0.15) is 39.5 Å². The third-order valence-corrected chi connectivity index (χ3v) is 7.00. The van der Waals surface area contributed by atoms with Gasteiger partial charge in [0, 0.05) is 21.6 Å². The van der Waals surface area contributed by atoms with Gasteiger partial charge in [0.25, 0.3) is 5.91 Å². The summed E-state index contributed by atoms with van der Waals surface area (Å²) >= 11 is 11.8. The number of hydrogen-bond acceptors (Lipinski definition) is 2. The summed E-state index contributed by atoms with van der Waals surface area (Å²) in [4.78, 5) is 24.0. The number of alkyl halides is 9. The lowest BCUT2D eigenvalue weighted by Gasteiger charge is -2.21. The fraction of sp³-hybridized carbons (Fsp3) is 0.273. The molecule has 0 aliphatic rings. The van der Waals surface area contributed by atoms with Gasteiger partial charge in [0.05, 0.1) is 16.1 Å². The van der Waals surface area contributed by atoms with Crippen molar-refractivity contribution < 1.29 is 53.5 Å². The highest BCUT2D eigenvalue weighted by atomic mass is 79.9. The van der Waals surface area contributed by atoms with E-state index in [0.717, 1.165) is 19.2 Å². The van der Waals surface area contributed by atoms with E-state index in [2.05, 4.69) is 31.9 Å². The summed E-state index contributed by atoms with van der Waals surface area (Å²) in [5, 5.41) is 1.52. The van der Waals surface area contributed by atoms with E-state index in [1.165, 1.54) is 5.32 Å². The van der Waals surface area contributed by atoms with Crippen molar-refractivity contribution in [3.8, 4) is 0 Å². The first-order chi connectivity index (χ1) is 18.1. The Morgan fingerprint density at radius 1 is 1.00 bits per heavy atom. The maximum Gasteiger partial charge on any atom is 0.417 e. The fourth-order valence-corrected chi connectivity index (χ4v) is 4.39. The van der Waals surface area contributed by atoms with Gasteiger partial charge < -0.3 is 5.32 Å². The van der Waals surface area contributed by atoms with Gasteiger partial charge in [0.15, 0.2) is 0 Å². The molecule has 2 aromatic rings. The van der Waals surface area contributed by atoms with Crippen molar-refractivity contribution in [1.29, 1.82) is 0 Å². The summed E-state index contributed by atoms with van der Waals surface area (Å²) in [7, 11) is 0.735. The SMILES string of the molecule is CN(NC(=O)c1ccc(/C(F)=C/C(c2cc(Br)c(Cl)c(Br)c2)C(F)(F)F)cc1C(F)(F)F)C(=O)NCC(F)(F)F. The van der Waals surface area contributed by atoms with Crippen molar-refractivity contribution in [2.24, 2.45) is 0 Å². The Morgan fingerprint density at radius 3 is 2.02 bits per heavy atom. The molecule has 0 saturated heterocycles. The lowest BCUT2D eigenvalue weighted by molar-refractivity contribution is -0.140. The number of halogens is 13. The molecule has 2 N–H and O–H groups in total. The number of urea groups is 1. The van der Waals surface area contributed by atoms with E-state index in [4.69, 9.17) is 11.6 Å². The Bertz CT molecular complexity index is 1290. The van der Waals surface area contributed by atoms with Gasteiger partial charge in [-0.3, -0.25) is 10.2 Å². The molecule has 0 aliphatic carbocycles. The highest BCUT2D eigenvalue weighted by Gasteiger charge is 2.41. The second-order valence-corrected chi connectivity index (χ2v) is 9.95. The number of nitrogens with zero attached hydrogens (tertiary/aromatic N) is 1. The average Bonchev–Trinajstić information content (AvgIpc) is 2.81. The van der Waals surface area contributed by atoms with Gasteiger partial charge in [-0.05, 0) is 67.8 Å². The zero-order valence-electron chi connectivity index (χ0n) is 19.4. The first-order valence-corrected chi connectivity index (χ1v) is 12.3. The summed E-state index contributed by atoms with van der Waals surface area (Å²) in [5.74, 6) is -5.97. The number of carbonyl (C=O) groups excluding carboxylic acids is 2. The topological polar surface area (TPSA) is 61.4 Å². The minimum absolute atomic E-state index is 0.0151. The Hall–Kier alpha value is -2.53. The van der Waals surface area contributed by atoms with Crippen LogP contribution < -0.4 is 10.7 Å². The fourth-order valence-electron chi connectivity index (χ4n) is 3.06. The van der Waals surface area contributed by atoms with Crippen LogP contribution in [0.15, 0.2) is 45.4 Å². The van der Waals surface area contributed by atoms with E-state index < -0.39 is 71.0 Å². The summed E-state index contributed by atoms with van der Waals surface area (Å²) in [6, 6.07) is 1.46. The number of benzene rings is 2. The number of hydrazine groups is 1. The highest BCUT2D eigenvalue weighted by molar-refractivity contribution is 9.11. The predicted octanol–water partition coefficient (Wildman–Crippen LogP) is 8.39. The van der Waals surface area contributed by atoms with Crippen LogP contribution in [0.2, 0.25) is 5.02 Å². The molecule has 0 spiro atoms. The van der Waals surface area contributed by atoms with Gasteiger partial charge in [0.1, 0.15) is 18.3 Å². The van der Waals surface area contributed by atoms with Gasteiger partial charge >= 0.3 is 24.6 Å². The molecule has 220 valence electrons. The second kappa shape index (κ2) is 12.5. The average molecular weight is 738 g/mol. The van der Waals surface area contributed by atoms with Crippen molar-refractivity contribution in [1.82, 2.24) is 15.8 Å². The minimum atomic E-state index is -5.34. The molecule has 1 atom stereocenters. The second-order valence-electron chi connectivity index (χ2n) is 7.86. The number of rotatable bonds is 5. The van der Waals surface area contributed by atoms with Gasteiger partial charge in [-0.15, -0.1) is 0 Å². The molecule has 5 nitrogen and oxygen atoms in total. The molecule has 0 aromatic heterocycles. The van der Waals surface area contributed by atoms with Crippen molar-refractivity contribution in [3.05, 3.63) is 72.6 Å². The molecule has 3 amide bonds. The van der Waals surface area contributed by atoms with Gasteiger partial charge in [-0.1, -0.05) is 17.7 Å². The summed E-state index contributed by atoms with van der Waals surface area (Å²) in [5.41, 5.74) is -2.85. The lowest BCUT2D eigenvalue weighted by atomic mass is 9.95. The largest absolute Gasteiger partial charge is 0.417 e. The van der Waals surface area contributed by atoms with E-state index in [0.29, 0.717) is 12.1 Å². The first kappa shape index (κ1) is 33.7. The molecule has 0 saturated carbocycles. The van der Waals surface area contributed by atoms with Crippen LogP contribution in [-0.4, -0.2) is 42.9 Å². The van der Waals surface area contributed by atoms with Gasteiger partial charge in [-0.25, -0.2) is 14.2 Å². The van der Waals surface area contributed by atoms with Gasteiger partial charge in [0.2, 0.25) is 0 Å². The normalized spacial score (nSPS) is 13.6. The smallest absolute Gasteiger partial charge is 0.327 e. The van der Waals surface area contributed by atoms with E-state index in [9.17, 15) is 53.5 Å². The summed E-state index contributed by atoms with van der Waals surface area (Å²) in [6.07, 6.45) is -15.2. The highest BCUT2D eigenvalue weighted by Crippen LogP contribution is 2.43. The van der Waals surface area contributed by atoms with E-state index in [1.807, 2.05) is 0 Å². The van der Waals surface area contributed by atoms with Crippen LogP contribution in [0.1, 0.15) is 33.0 Å². The number of amides is 3. The molecule has 2 aromatic carbocycles. The third-order valence-electron chi connectivity index (χ3n) is 4.89. The maximum absolute atomic E-state index is 15.0. The van der Waals surface area contributed by atoms with Crippen LogP contribution in [0.25, 0.3) is 5.83 Å². The standard InChI is InChI=1S/C22H14Br2ClF10N3O2/c1-38(19(40)36-8-20(27,28)29)37-18(39)11-3-2-9(4-13(11)22(33,34)35)16(26)7-12(21(30,31)32)10-5-14(23)17(25)15(24)6-10/h2-7,12H,8H2,1H3,(H,36,40)(H,37,39)/b16-7-. The number of nitrogens with one attached hydrogen (secondary N) is 2. The van der Waals surface area contributed by atoms with Crippen molar-refractivity contribution in [2.75, 3.05) is 13.6 Å². The molecular formula is C22H14Br2ClF10N3O2. The summed E-state index contributed by atoms with van der Waals surface area (Å²) < 4.78 is 134. The quantitative estimate of drug-likeness (QED) is 0.184. The van der Waals surface area contributed by atoms with Crippen molar-refractivity contribution in [2.45, 2.75) is 24.4 Å². The lowest BCUT2D eigenvalue weighted by Crippen LogP contribution is -2.50. The van der Waals surface area contributed by atoms with Crippen LogP contribution in [-0.2, 0) is 6.18 Å². The molecule has 40 heavy (non-hydrogen) atoms. The molecule has 1 unspecified atom stereocenters.